The SMILES string of the molecule is c1ccc(-c2ccc(N(c3ccc(-c4ccccc4-n4c5ccccc5c5c6c(-c7ccccc7)cccc6ccc54)cc3)c3ccccc3-c3cccc4oc5ccccc5c34)cc2)cc1. The van der Waals surface area contributed by atoms with E-state index in [1.807, 2.05) is 6.07 Å². The van der Waals surface area contributed by atoms with Crippen LogP contribution in [0.5, 0.6) is 0 Å². The number of para-hydroxylation sites is 4. The fourth-order valence-corrected chi connectivity index (χ4v) is 10.4. The van der Waals surface area contributed by atoms with E-state index in [2.05, 4.69) is 258 Å². The van der Waals surface area contributed by atoms with Crippen LogP contribution < -0.4 is 4.90 Å². The van der Waals surface area contributed by atoms with E-state index in [0.29, 0.717) is 0 Å². The van der Waals surface area contributed by atoms with Gasteiger partial charge in [-0.3, -0.25) is 0 Å². The van der Waals surface area contributed by atoms with Crippen LogP contribution in [-0.2, 0) is 0 Å². The Morgan fingerprint density at radius 3 is 1.64 bits per heavy atom. The lowest BCUT2D eigenvalue weighted by Gasteiger charge is -2.28. The number of anilines is 3. The standard InChI is InChI=1S/C64H42N2O/c1-3-17-43(18-4-1)44-33-38-48(39-34-44)65(57-29-12-8-23-52(57)53-27-16-32-61-63(53)55-25-10-14-31-60(55)67-61)49-40-35-46(36-41-49)50-22-7-11-28-56(50)66-58-30-13-9-24-54(58)64-59(66)42-37-47-21-15-26-51(62(47)64)45-19-5-2-6-20-45/h1-42H. The van der Waals surface area contributed by atoms with Crippen molar-refractivity contribution < 1.29 is 4.42 Å². The molecule has 0 saturated heterocycles. The van der Waals surface area contributed by atoms with Gasteiger partial charge in [-0.05, 0) is 105 Å². The number of furan rings is 1. The summed E-state index contributed by atoms with van der Waals surface area (Å²) in [6.45, 7) is 0. The third-order valence-electron chi connectivity index (χ3n) is 13.4. The summed E-state index contributed by atoms with van der Waals surface area (Å²) in [4.78, 5) is 2.39. The van der Waals surface area contributed by atoms with E-state index in [4.69, 9.17) is 4.42 Å². The van der Waals surface area contributed by atoms with E-state index < -0.39 is 0 Å². The second-order valence-corrected chi connectivity index (χ2v) is 17.2. The second-order valence-electron chi connectivity index (χ2n) is 17.2. The third-order valence-corrected chi connectivity index (χ3v) is 13.4. The van der Waals surface area contributed by atoms with Gasteiger partial charge in [0, 0.05) is 44.0 Å². The van der Waals surface area contributed by atoms with Crippen LogP contribution in [0.4, 0.5) is 17.1 Å². The van der Waals surface area contributed by atoms with Gasteiger partial charge < -0.3 is 13.9 Å². The molecule has 13 aromatic rings. The Hall–Kier alpha value is -8.92. The van der Waals surface area contributed by atoms with Gasteiger partial charge in [0.15, 0.2) is 0 Å². The van der Waals surface area contributed by atoms with Gasteiger partial charge >= 0.3 is 0 Å². The molecule has 0 N–H and O–H groups in total. The molecule has 13 rings (SSSR count). The van der Waals surface area contributed by atoms with Crippen LogP contribution in [0.3, 0.4) is 0 Å². The maximum atomic E-state index is 6.41. The molecule has 3 heteroatoms. The van der Waals surface area contributed by atoms with Crippen molar-refractivity contribution in [2.45, 2.75) is 0 Å². The molecule has 11 aromatic carbocycles. The average Bonchev–Trinajstić information content (AvgIpc) is 3.96. The molecule has 2 heterocycles. The molecule has 0 amide bonds. The van der Waals surface area contributed by atoms with E-state index in [9.17, 15) is 0 Å². The van der Waals surface area contributed by atoms with Crippen LogP contribution in [0.15, 0.2) is 259 Å². The van der Waals surface area contributed by atoms with Gasteiger partial charge in [0.05, 0.1) is 22.4 Å². The van der Waals surface area contributed by atoms with Crippen molar-refractivity contribution in [2.24, 2.45) is 0 Å². The van der Waals surface area contributed by atoms with Crippen LogP contribution in [-0.4, -0.2) is 4.57 Å². The molecule has 0 atom stereocenters. The van der Waals surface area contributed by atoms with Crippen LogP contribution in [0.2, 0.25) is 0 Å². The summed E-state index contributed by atoms with van der Waals surface area (Å²) in [6, 6.07) is 91.8. The van der Waals surface area contributed by atoms with Gasteiger partial charge in [-0.1, -0.05) is 194 Å². The fraction of sp³-hybridized carbons (Fsp3) is 0. The summed E-state index contributed by atoms with van der Waals surface area (Å²) in [5.74, 6) is 0. The van der Waals surface area contributed by atoms with Crippen LogP contribution >= 0.6 is 0 Å². The molecule has 67 heavy (non-hydrogen) atoms. The van der Waals surface area contributed by atoms with Gasteiger partial charge in [-0.15, -0.1) is 0 Å². The van der Waals surface area contributed by atoms with Crippen molar-refractivity contribution in [3.8, 4) is 50.2 Å². The zero-order chi connectivity index (χ0) is 44.3. The van der Waals surface area contributed by atoms with Gasteiger partial charge in [0.2, 0.25) is 0 Å². The highest BCUT2D eigenvalue weighted by molar-refractivity contribution is 6.25. The summed E-state index contributed by atoms with van der Waals surface area (Å²) >= 11 is 0. The Bertz CT molecular complexity index is 3960. The number of rotatable bonds is 8. The van der Waals surface area contributed by atoms with E-state index in [-0.39, 0.29) is 0 Å². The van der Waals surface area contributed by atoms with E-state index in [0.717, 1.165) is 66.9 Å². The quantitative estimate of drug-likeness (QED) is 0.152. The first kappa shape index (κ1) is 38.5. The molecule has 3 nitrogen and oxygen atoms in total. The van der Waals surface area contributed by atoms with Gasteiger partial charge in [0.1, 0.15) is 11.2 Å². The molecule has 0 fully saturated rings. The summed E-state index contributed by atoms with van der Waals surface area (Å²) in [7, 11) is 0. The van der Waals surface area contributed by atoms with Crippen molar-refractivity contribution in [2.75, 3.05) is 4.90 Å². The van der Waals surface area contributed by atoms with Crippen molar-refractivity contribution >= 4 is 71.6 Å². The Labute approximate surface area is 388 Å². The Kier molecular flexibility index (Phi) is 9.17. The number of aromatic nitrogens is 1. The lowest BCUT2D eigenvalue weighted by molar-refractivity contribution is 0.669. The van der Waals surface area contributed by atoms with Gasteiger partial charge in [0.25, 0.3) is 0 Å². The summed E-state index contributed by atoms with van der Waals surface area (Å²) in [5, 5.41) is 7.24. The molecule has 0 spiro atoms. The lowest BCUT2D eigenvalue weighted by Crippen LogP contribution is -2.11. The Morgan fingerprint density at radius 1 is 0.299 bits per heavy atom. The lowest BCUT2D eigenvalue weighted by atomic mass is 9.94. The topological polar surface area (TPSA) is 21.3 Å². The monoisotopic (exact) mass is 854 g/mol. The minimum Gasteiger partial charge on any atom is -0.456 e. The molecule has 0 bridgehead atoms. The van der Waals surface area contributed by atoms with Gasteiger partial charge in [-0.2, -0.15) is 0 Å². The molecule has 0 aliphatic rings. The van der Waals surface area contributed by atoms with Crippen LogP contribution in [0.25, 0.3) is 105 Å². The average molecular weight is 855 g/mol. The first-order valence-corrected chi connectivity index (χ1v) is 22.9. The highest BCUT2D eigenvalue weighted by Gasteiger charge is 2.22. The highest BCUT2D eigenvalue weighted by Crippen LogP contribution is 2.47. The predicted octanol–water partition coefficient (Wildman–Crippen LogP) is 18.0. The van der Waals surface area contributed by atoms with E-state index in [1.165, 1.54) is 54.8 Å². The molecule has 0 aliphatic heterocycles. The molecular weight excluding hydrogens is 813 g/mol. The smallest absolute Gasteiger partial charge is 0.136 e. The zero-order valence-electron chi connectivity index (χ0n) is 36.6. The minimum atomic E-state index is 0.878. The van der Waals surface area contributed by atoms with Gasteiger partial charge in [-0.25, -0.2) is 0 Å². The molecular formula is C64H42N2O. The van der Waals surface area contributed by atoms with E-state index >= 15 is 0 Å². The number of benzene rings is 11. The maximum Gasteiger partial charge on any atom is 0.136 e. The summed E-state index contributed by atoms with van der Waals surface area (Å²) < 4.78 is 8.87. The van der Waals surface area contributed by atoms with Crippen LogP contribution in [0.1, 0.15) is 0 Å². The first-order valence-electron chi connectivity index (χ1n) is 22.9. The largest absolute Gasteiger partial charge is 0.456 e. The zero-order valence-corrected chi connectivity index (χ0v) is 36.6. The number of fused-ring (bicyclic) bond motifs is 8. The normalized spacial score (nSPS) is 11.6. The van der Waals surface area contributed by atoms with Crippen molar-refractivity contribution in [1.29, 1.82) is 0 Å². The van der Waals surface area contributed by atoms with Crippen LogP contribution in [0, 0.1) is 0 Å². The molecule has 2 aromatic heterocycles. The summed E-state index contributed by atoms with van der Waals surface area (Å²) in [6.07, 6.45) is 0. The van der Waals surface area contributed by atoms with E-state index in [1.54, 1.807) is 0 Å². The first-order chi connectivity index (χ1) is 33.3. The third kappa shape index (κ3) is 6.43. The number of hydrogen-bond acceptors (Lipinski definition) is 2. The molecule has 0 radical (unpaired) electrons. The minimum absolute atomic E-state index is 0.878. The maximum absolute atomic E-state index is 6.41. The number of nitrogens with zero attached hydrogens (tertiary/aromatic N) is 2. The molecule has 314 valence electrons. The van der Waals surface area contributed by atoms with Crippen molar-refractivity contribution in [3.05, 3.63) is 255 Å². The molecule has 0 unspecified atom stereocenters. The highest BCUT2D eigenvalue weighted by atomic mass is 16.3. The Balaban J connectivity index is 0.974. The summed E-state index contributed by atoms with van der Waals surface area (Å²) in [5.41, 5.74) is 17.8. The number of hydrogen-bond donors (Lipinski definition) is 0. The fourth-order valence-electron chi connectivity index (χ4n) is 10.4. The predicted molar refractivity (Wildman–Crippen MR) is 282 cm³/mol. The van der Waals surface area contributed by atoms with Crippen molar-refractivity contribution in [1.82, 2.24) is 4.57 Å². The second kappa shape index (κ2) is 16.0. The molecule has 0 aliphatic carbocycles. The molecule has 0 saturated carbocycles. The van der Waals surface area contributed by atoms with Crippen molar-refractivity contribution in [3.63, 3.8) is 0 Å². The Morgan fingerprint density at radius 2 is 0.851 bits per heavy atom.